The van der Waals surface area contributed by atoms with Crippen molar-refractivity contribution >= 4 is 23.9 Å². The van der Waals surface area contributed by atoms with E-state index in [0.717, 1.165) is 5.56 Å². The fourth-order valence-electron chi connectivity index (χ4n) is 11.7. The maximum atomic E-state index is 14.6. The van der Waals surface area contributed by atoms with Crippen LogP contribution in [0.25, 0.3) is 20.9 Å². The number of carbonyl (C=O) groups excluding carboxylic acids is 4. The molecule has 0 aromatic heterocycles. The minimum atomic E-state index is -1.59. The minimum Gasteiger partial charge on any atom is -0.497 e. The van der Waals surface area contributed by atoms with Crippen molar-refractivity contribution in [3.63, 3.8) is 0 Å². The second-order valence-electron chi connectivity index (χ2n) is 22.8. The lowest BCUT2D eigenvalue weighted by Crippen LogP contribution is -2.66. The fraction of sp³-hybridized carbons (Fsp3) is 0.493. The molecule has 0 aliphatic carbocycles. The van der Waals surface area contributed by atoms with Crippen LogP contribution in [-0.2, 0) is 84.4 Å². The predicted molar refractivity (Wildman–Crippen MR) is 328 cm³/mol. The Labute approximate surface area is 538 Å². The monoisotopic (exact) mass is 1290 g/mol. The van der Waals surface area contributed by atoms with E-state index in [1.807, 2.05) is 67.6 Å². The number of hydrogen-bond acceptors (Lipinski definition) is 22. The molecule has 5 aromatic carbocycles. The molecule has 4 heterocycles. The second-order valence-corrected chi connectivity index (χ2v) is 22.8. The summed E-state index contributed by atoms with van der Waals surface area (Å²) in [5, 5.41) is 19.7. The normalized spacial score (nSPS) is 30.8. The van der Waals surface area contributed by atoms with Crippen molar-refractivity contribution in [2.75, 3.05) is 20.3 Å². The van der Waals surface area contributed by atoms with Gasteiger partial charge in [0.15, 0.2) is 31.1 Å². The molecule has 5 aromatic rings. The molecule has 1 N–H and O–H groups in total. The van der Waals surface area contributed by atoms with Crippen molar-refractivity contribution < 1.29 is 95.3 Å². The van der Waals surface area contributed by atoms with Crippen molar-refractivity contribution in [3.05, 3.63) is 189 Å². The number of ether oxygens (including phenoxy) is 15. The van der Waals surface area contributed by atoms with Crippen LogP contribution >= 0.6 is 0 Å². The van der Waals surface area contributed by atoms with Crippen molar-refractivity contribution in [3.8, 4) is 11.5 Å². The molecule has 4 saturated heterocycles. The van der Waals surface area contributed by atoms with E-state index in [-0.39, 0.29) is 43.8 Å². The molecule has 0 amide bonds. The summed E-state index contributed by atoms with van der Waals surface area (Å²) in [6.07, 6.45) is -20.1. The third-order valence-corrected chi connectivity index (χ3v) is 16.6. The number of aliphatic hydroxyl groups is 1. The minimum absolute atomic E-state index is 0.0117. The number of benzene rings is 5. The summed E-state index contributed by atoms with van der Waals surface area (Å²) in [4.78, 5) is 60.1. The van der Waals surface area contributed by atoms with E-state index in [0.29, 0.717) is 17.1 Å². The molecule has 4 aliphatic heterocycles. The highest BCUT2D eigenvalue weighted by molar-refractivity contribution is 5.90. The Morgan fingerprint density at radius 2 is 0.882 bits per heavy atom. The van der Waals surface area contributed by atoms with Crippen molar-refractivity contribution in [1.82, 2.24) is 0 Å². The largest absolute Gasteiger partial charge is 0.497 e. The van der Waals surface area contributed by atoms with Gasteiger partial charge in [-0.25, -0.2) is 9.59 Å². The van der Waals surface area contributed by atoms with Gasteiger partial charge in [0, 0.05) is 23.7 Å². The average Bonchev–Trinajstić information content (AvgIpc) is 0.792. The number of carbonyl (C=O) groups is 4. The predicted octanol–water partition coefficient (Wildman–Crippen LogP) is 9.69. The summed E-state index contributed by atoms with van der Waals surface area (Å²) in [5.74, 6) is -3.70. The Balaban J connectivity index is 1.09. The van der Waals surface area contributed by atoms with Crippen LogP contribution < -0.4 is 9.47 Å². The lowest BCUT2D eigenvalue weighted by molar-refractivity contribution is -0.370. The molecule has 0 saturated carbocycles. The second kappa shape index (κ2) is 33.6. The number of rotatable bonds is 27. The van der Waals surface area contributed by atoms with Crippen LogP contribution in [0.5, 0.6) is 11.5 Å². The summed E-state index contributed by atoms with van der Waals surface area (Å²) in [6.45, 7) is 8.49. The molecule has 0 spiro atoms. The highest BCUT2D eigenvalue weighted by atomic mass is 16.8. The van der Waals surface area contributed by atoms with Gasteiger partial charge in [0.05, 0.1) is 68.0 Å². The standard InChI is InChI=1S/C67H78N6O20/c1-8-48-56(58(82-34-42-22-14-10-15-23-42)60(89-62(77)44-26-18-12-19-27-44)66(85-48)84-47-32-30-46(79-7)31-33-47)93-65-53(71-73-69)39(4)55(51(88-65)37-81-41(6)75)91-67-61(90-63(78)45-28-20-13-21-29-45)59(83-35-43-24-16-11-17-25-43)57(49(9-2)86-67)92-64-52(70-72-68)38(3)54(76)50(87-64)36-80-40(5)74/h10-33,38-39,48-61,64-67,76H,8-9,34-37H2,1-7H3/t38-,39-,48?,49?,50?,51?,52?,53?,54+,55+,56-,57+,58-,59-,60?,61?,64+,65+,66-,67+/m1/s1. The van der Waals surface area contributed by atoms with Gasteiger partial charge in [-0.3, -0.25) is 9.59 Å². The molecular formula is C67H78N6O20. The lowest BCUT2D eigenvalue weighted by Gasteiger charge is -2.51. The first-order valence-electron chi connectivity index (χ1n) is 30.9. The molecule has 93 heavy (non-hydrogen) atoms. The topological polar surface area (TPSA) is 324 Å². The van der Waals surface area contributed by atoms with Gasteiger partial charge in [0.25, 0.3) is 0 Å². The van der Waals surface area contributed by atoms with Crippen molar-refractivity contribution in [2.45, 2.75) is 178 Å². The quantitative estimate of drug-likeness (QED) is 0.0168. The number of nitrogens with zero attached hydrogens (tertiary/aromatic N) is 6. The van der Waals surface area contributed by atoms with E-state index in [1.165, 1.54) is 21.0 Å². The average molecular weight is 1290 g/mol. The molecule has 8 unspecified atom stereocenters. The number of aliphatic hydroxyl groups excluding tert-OH is 1. The third kappa shape index (κ3) is 17.7. The van der Waals surface area contributed by atoms with Gasteiger partial charge in [0.2, 0.25) is 6.29 Å². The first-order valence-corrected chi connectivity index (χ1v) is 30.9. The molecule has 0 radical (unpaired) electrons. The summed E-state index contributed by atoms with van der Waals surface area (Å²) < 4.78 is 97.4. The van der Waals surface area contributed by atoms with Crippen LogP contribution in [0, 0.1) is 11.8 Å². The van der Waals surface area contributed by atoms with Gasteiger partial charge in [-0.1, -0.05) is 135 Å². The Morgan fingerprint density at radius 3 is 1.33 bits per heavy atom. The Morgan fingerprint density at radius 1 is 0.484 bits per heavy atom. The van der Waals surface area contributed by atoms with E-state index in [1.54, 1.807) is 106 Å². The van der Waals surface area contributed by atoms with Crippen LogP contribution in [0.4, 0.5) is 0 Å². The highest BCUT2D eigenvalue weighted by Gasteiger charge is 2.58. The van der Waals surface area contributed by atoms with Crippen molar-refractivity contribution in [1.29, 1.82) is 0 Å². The summed E-state index contributed by atoms with van der Waals surface area (Å²) in [5.41, 5.74) is 22.2. The smallest absolute Gasteiger partial charge is 0.338 e. The van der Waals surface area contributed by atoms with E-state index in [9.17, 15) is 35.3 Å². The van der Waals surface area contributed by atoms with E-state index >= 15 is 0 Å². The van der Waals surface area contributed by atoms with Gasteiger partial charge in [-0.2, -0.15) is 0 Å². The number of azide groups is 2. The molecule has 4 aliphatic rings. The fourth-order valence-corrected chi connectivity index (χ4v) is 11.7. The third-order valence-electron chi connectivity index (χ3n) is 16.6. The molecule has 26 nitrogen and oxygen atoms in total. The highest BCUT2D eigenvalue weighted by Crippen LogP contribution is 2.42. The Hall–Kier alpha value is -8.20. The first-order chi connectivity index (χ1) is 45.1. The summed E-state index contributed by atoms with van der Waals surface area (Å²) >= 11 is 0. The number of hydrogen-bond donors (Lipinski definition) is 1. The summed E-state index contributed by atoms with van der Waals surface area (Å²) in [6, 6.07) is 39.3. The number of esters is 4. The zero-order valence-electron chi connectivity index (χ0n) is 52.5. The van der Waals surface area contributed by atoms with Gasteiger partial charge >= 0.3 is 23.9 Å². The van der Waals surface area contributed by atoms with Crippen LogP contribution in [0.2, 0.25) is 0 Å². The lowest BCUT2D eigenvalue weighted by atomic mass is 9.88. The van der Waals surface area contributed by atoms with E-state index < -0.39 is 153 Å². The molecule has 0 bridgehead atoms. The SMILES string of the molecule is CCC1O[C@@H](Oc2ccc(OC)cc2)C(OC(=O)c2ccccc2)[C@H](OCc2ccccc2)[C@@H]1O[C@@H]1OC(COC(C)=O)[C@@H](O[C@@H]2OC(CC)[C@H](O[C@@H]3OC(COC(C)=O)[C@@H](O)[C@H](C)C3N=[N+]=[N-])[C@@H](OCc3ccccc3)C2OC(=O)c2ccccc2)[C@H](C)C1N=[N+]=[N-]. The van der Waals surface area contributed by atoms with Gasteiger partial charge in [0.1, 0.15) is 61.3 Å². The van der Waals surface area contributed by atoms with Crippen LogP contribution in [0.15, 0.2) is 156 Å². The first kappa shape index (κ1) is 69.1. The van der Waals surface area contributed by atoms with Crippen LogP contribution in [0.3, 0.4) is 0 Å². The molecule has 4 fully saturated rings. The van der Waals surface area contributed by atoms with Crippen molar-refractivity contribution in [2.24, 2.45) is 22.1 Å². The molecule has 9 rings (SSSR count). The molecule has 20 atom stereocenters. The van der Waals surface area contributed by atoms with Crippen LogP contribution in [0.1, 0.15) is 86.2 Å². The maximum absolute atomic E-state index is 14.6. The number of methoxy groups -OCH3 is 1. The zero-order valence-corrected chi connectivity index (χ0v) is 52.5. The molecule has 496 valence electrons. The van der Waals surface area contributed by atoms with Gasteiger partial charge in [-0.05, 0) is 95.4 Å². The van der Waals surface area contributed by atoms with E-state index in [4.69, 9.17) is 71.1 Å². The summed E-state index contributed by atoms with van der Waals surface area (Å²) in [7, 11) is 1.54. The maximum Gasteiger partial charge on any atom is 0.338 e. The Bertz CT molecular complexity index is 3300. The van der Waals surface area contributed by atoms with Gasteiger partial charge < -0.3 is 76.2 Å². The zero-order chi connectivity index (χ0) is 66.0. The van der Waals surface area contributed by atoms with Gasteiger partial charge in [-0.15, -0.1) is 0 Å². The van der Waals surface area contributed by atoms with E-state index in [2.05, 4.69) is 20.1 Å². The van der Waals surface area contributed by atoms with Crippen LogP contribution in [-0.4, -0.2) is 160 Å². The Kier molecular flexibility index (Phi) is 25.0. The molecule has 26 heteroatoms. The molecular weight excluding hydrogens is 1210 g/mol.